The number of likely N-dealkylation sites (tertiary alicyclic amines) is 1. The fourth-order valence-corrected chi connectivity index (χ4v) is 21.6. The Kier molecular flexibility index (Phi) is 31.1. The van der Waals surface area contributed by atoms with E-state index < -0.39 is 0 Å². The lowest BCUT2D eigenvalue weighted by Gasteiger charge is -2.38. The van der Waals surface area contributed by atoms with Gasteiger partial charge >= 0.3 is 0 Å². The van der Waals surface area contributed by atoms with Crippen LogP contribution in [0.5, 0.6) is 0 Å². The summed E-state index contributed by atoms with van der Waals surface area (Å²) in [5.74, 6) is 1.51. The summed E-state index contributed by atoms with van der Waals surface area (Å²) in [5.41, 5.74) is 12.6. The largest absolute Gasteiger partial charge is 0.347 e. The second kappa shape index (κ2) is 43.7. The van der Waals surface area contributed by atoms with Gasteiger partial charge in [-0.1, -0.05) is 172 Å². The summed E-state index contributed by atoms with van der Waals surface area (Å²) in [6.07, 6.45) is 24.0. The van der Waals surface area contributed by atoms with Crippen molar-refractivity contribution in [2.24, 2.45) is 23.7 Å². The number of imidazole rings is 4. The number of anilines is 4. The van der Waals surface area contributed by atoms with Crippen LogP contribution in [0.3, 0.4) is 0 Å². The van der Waals surface area contributed by atoms with Gasteiger partial charge in [0.05, 0.1) is 47.6 Å². The molecule has 131 heavy (non-hydrogen) atoms. The Labute approximate surface area is 792 Å². The minimum absolute atomic E-state index is 0.0761. The first-order chi connectivity index (χ1) is 63.6. The van der Waals surface area contributed by atoms with Crippen molar-refractivity contribution < 1.29 is 19.2 Å². The second-order valence-electron chi connectivity index (χ2n) is 34.9. The molecule has 5 aliphatic rings. The molecule has 0 saturated carbocycles. The summed E-state index contributed by atoms with van der Waals surface area (Å²) < 4.78 is 7.46. The molecular formula is C97H118Cl2N24O4S4. The second-order valence-corrected chi connectivity index (χ2v) is 39.5. The highest BCUT2D eigenvalue weighted by molar-refractivity contribution is 7.21. The van der Waals surface area contributed by atoms with Crippen molar-refractivity contribution in [3.63, 3.8) is 0 Å². The number of amides is 4. The van der Waals surface area contributed by atoms with Crippen LogP contribution in [0.15, 0.2) is 171 Å². The first-order valence-electron chi connectivity index (χ1n) is 46.0. The number of aryl methyl sites for hydroxylation is 2. The number of hydrogen-bond acceptors (Lipinski definition) is 24. The molecule has 0 unspecified atom stereocenters. The highest BCUT2D eigenvalue weighted by Crippen LogP contribution is 2.37. The normalized spacial score (nSPS) is 15.8. The number of nitrogens with zero attached hydrogens (tertiary/aromatic N) is 24. The van der Waals surface area contributed by atoms with Crippen LogP contribution in [-0.4, -0.2) is 267 Å². The average Bonchev–Trinajstić information content (AvgIpc) is 1.66. The van der Waals surface area contributed by atoms with Gasteiger partial charge in [0, 0.05) is 199 Å². The fourth-order valence-electron chi connectivity index (χ4n) is 17.6. The summed E-state index contributed by atoms with van der Waals surface area (Å²) in [7, 11) is 7.97. The van der Waals surface area contributed by atoms with E-state index in [1.54, 1.807) is 63.9 Å². The standard InChI is InChI=1S/2C25H28N6OS.C24H33ClN6OS.C23H29ClN6OS/c1-18-3-5-20(6-4-18)22-17-31-24(27-22)33-25(28-31)30-15-10-21(11-16-30)23(32)29(2)14-9-19-7-12-26-13-8-19;1-18-6-8-19(9-7-18)22-17-31-24(27-22)33-25(28-31)30-15-10-20(11-16-30)23(32)29(2)14-12-21-5-3-4-13-26-21;1-4-28(5-2)15-16-29(6-3)22(32)19-11-13-30(14-12-19)24-27-31-17-21(26-23(31)33-24)18-7-9-20(25)10-8-18;1-27-11-9-19(10-12-27)28(2)21(31)17-7-13-29(14-8-17)23-26-30-15-20(25-22(30)32-23)16-3-5-18(24)6-4-16/h3-8,12-13,17,21H,9-11,14-16H2,1-2H3;3-9,13,17,20H,10-12,14-16H2,1-2H3;7-10,17,19H,4-6,11-16H2,1-3H3;3-6,15,17,19H,7-14H2,1-2H3. The topological polar surface area (TPSA) is 247 Å². The Hall–Kier alpha value is -10.8. The van der Waals surface area contributed by atoms with Crippen molar-refractivity contribution in [3.8, 4) is 45.0 Å². The highest BCUT2D eigenvalue weighted by Gasteiger charge is 2.36. The van der Waals surface area contributed by atoms with E-state index >= 15 is 0 Å². The van der Waals surface area contributed by atoms with Crippen LogP contribution in [0.1, 0.15) is 107 Å². The van der Waals surface area contributed by atoms with Gasteiger partial charge in [-0.2, -0.15) is 0 Å². The van der Waals surface area contributed by atoms with Crippen LogP contribution in [0.4, 0.5) is 20.5 Å². The lowest BCUT2D eigenvalue weighted by molar-refractivity contribution is -0.138. The first kappa shape index (κ1) is 93.4. The number of rotatable bonds is 25. The summed E-state index contributed by atoms with van der Waals surface area (Å²) in [4.78, 5) is 105. The Morgan fingerprint density at radius 3 is 1.08 bits per heavy atom. The quantitative estimate of drug-likeness (QED) is 0.0516. The molecule has 0 aliphatic carbocycles. The van der Waals surface area contributed by atoms with E-state index in [2.05, 4.69) is 130 Å². The minimum atomic E-state index is 0.0761. The van der Waals surface area contributed by atoms with Gasteiger partial charge in [0.15, 0.2) is 0 Å². The zero-order chi connectivity index (χ0) is 91.2. The van der Waals surface area contributed by atoms with Crippen LogP contribution in [0, 0.1) is 37.5 Å². The lowest BCUT2D eigenvalue weighted by Crippen LogP contribution is -2.48. The van der Waals surface area contributed by atoms with Gasteiger partial charge < -0.3 is 49.0 Å². The Morgan fingerprint density at radius 1 is 0.389 bits per heavy atom. The number of hydrogen-bond donors (Lipinski definition) is 0. The molecule has 10 aromatic heterocycles. The molecule has 0 spiro atoms. The maximum atomic E-state index is 13.1. The van der Waals surface area contributed by atoms with E-state index in [-0.39, 0.29) is 35.5 Å². The molecule has 0 radical (unpaired) electrons. The Balaban J connectivity index is 0.000000128. The van der Waals surface area contributed by atoms with Crippen molar-refractivity contribution in [2.75, 3.05) is 159 Å². The van der Waals surface area contributed by atoms with Gasteiger partial charge in [0.25, 0.3) is 0 Å². The van der Waals surface area contributed by atoms with Crippen LogP contribution >= 0.6 is 68.5 Å². The lowest BCUT2D eigenvalue weighted by atomic mass is 9.94. The average molecular weight is 1880 g/mol. The van der Waals surface area contributed by atoms with Crippen molar-refractivity contribution in [3.05, 3.63) is 203 Å². The van der Waals surface area contributed by atoms with E-state index in [9.17, 15) is 19.2 Å². The van der Waals surface area contributed by atoms with Gasteiger partial charge in [-0.3, -0.25) is 29.1 Å². The SMILES string of the molecule is CCN(CC)CCN(CC)C(=O)C1CCN(c2nn3cc(-c4ccc(Cl)cc4)nc3s2)CC1.CN1CCC(N(C)C(=O)C2CCN(c3nn4cc(-c5ccc(Cl)cc5)nc4s3)CC2)CC1.Cc1ccc(-c2cn3nc(N4CCC(C(=O)N(C)CCc5ccccn5)CC4)sc3n2)cc1.Cc1ccc(-c2cn3nc(N4CCC(C(=O)N(C)CCc5ccncc5)CC4)sc3n2)cc1. The number of carbonyl (C=O) groups is 4. The molecule has 0 N–H and O–H groups in total. The first-order valence-corrected chi connectivity index (χ1v) is 50.0. The molecule has 34 heteroatoms. The van der Waals surface area contributed by atoms with Gasteiger partial charge in [-0.05, 0) is 179 Å². The summed E-state index contributed by atoms with van der Waals surface area (Å²) in [6.45, 7) is 25.6. The fraction of sp³-hybridized carbons (Fsp3) is 0.443. The molecule has 19 rings (SSSR count). The predicted octanol–water partition coefficient (Wildman–Crippen LogP) is 16.6. The molecule has 28 nitrogen and oxygen atoms in total. The van der Waals surface area contributed by atoms with E-state index in [4.69, 9.17) is 63.5 Å². The zero-order valence-corrected chi connectivity index (χ0v) is 81.1. The van der Waals surface area contributed by atoms with E-state index in [1.165, 1.54) is 16.7 Å². The number of piperidine rings is 5. The zero-order valence-electron chi connectivity index (χ0n) is 76.3. The Morgan fingerprint density at radius 2 is 0.740 bits per heavy atom. The van der Waals surface area contributed by atoms with Crippen molar-refractivity contribution in [1.82, 2.24) is 97.8 Å². The highest BCUT2D eigenvalue weighted by atomic mass is 35.5. The third-order valence-corrected chi connectivity index (χ3v) is 30.5. The van der Waals surface area contributed by atoms with Crippen LogP contribution in [0.25, 0.3) is 64.9 Å². The predicted molar refractivity (Wildman–Crippen MR) is 529 cm³/mol. The van der Waals surface area contributed by atoms with Crippen molar-refractivity contribution in [2.45, 2.75) is 118 Å². The number of carbonyl (C=O) groups excluding carboxylic acids is 4. The van der Waals surface area contributed by atoms with E-state index in [1.807, 2.05) is 162 Å². The smallest absolute Gasteiger partial charge is 0.225 e. The molecule has 688 valence electrons. The minimum Gasteiger partial charge on any atom is -0.347 e. The molecule has 5 aliphatic heterocycles. The number of benzene rings is 4. The van der Waals surface area contributed by atoms with Crippen LogP contribution in [0.2, 0.25) is 10.0 Å². The van der Waals surface area contributed by atoms with E-state index in [0.717, 1.165) is 278 Å². The van der Waals surface area contributed by atoms with E-state index in [0.29, 0.717) is 29.4 Å². The van der Waals surface area contributed by atoms with Crippen LogP contribution < -0.4 is 19.6 Å². The maximum absolute atomic E-state index is 13.1. The molecule has 15 heterocycles. The third kappa shape index (κ3) is 23.4. The van der Waals surface area contributed by atoms with Gasteiger partial charge in [-0.15, -0.1) is 20.4 Å². The van der Waals surface area contributed by atoms with Crippen molar-refractivity contribution >= 4 is 133 Å². The maximum Gasteiger partial charge on any atom is 0.225 e. The van der Waals surface area contributed by atoms with Gasteiger partial charge in [0.1, 0.15) is 0 Å². The Bertz CT molecular complexity index is 5730. The number of halogens is 2. The van der Waals surface area contributed by atoms with Gasteiger partial charge in [0.2, 0.25) is 64.0 Å². The third-order valence-electron chi connectivity index (χ3n) is 26.1. The summed E-state index contributed by atoms with van der Waals surface area (Å²) >= 11 is 18.4. The van der Waals surface area contributed by atoms with Gasteiger partial charge in [-0.25, -0.2) is 38.0 Å². The number of likely N-dealkylation sites (N-methyl/N-ethyl adjacent to an activating group) is 4. The number of aromatic nitrogens is 14. The van der Waals surface area contributed by atoms with Crippen LogP contribution in [-0.2, 0) is 32.0 Å². The molecule has 4 aromatic carbocycles. The molecule has 4 amide bonds. The summed E-state index contributed by atoms with van der Waals surface area (Å²) in [6, 6.07) is 42.5. The summed E-state index contributed by atoms with van der Waals surface area (Å²) in [5, 5.41) is 24.4. The molecule has 0 atom stereocenters. The molecule has 0 bridgehead atoms. The van der Waals surface area contributed by atoms with Crippen molar-refractivity contribution in [1.29, 1.82) is 0 Å². The molecular weight excluding hydrogens is 1760 g/mol. The molecule has 14 aromatic rings. The molecule has 5 fully saturated rings. The number of fused-ring (bicyclic) bond motifs is 4. The monoisotopic (exact) mass is 1880 g/mol. The number of pyridine rings is 2. The molecule has 5 saturated heterocycles.